The monoisotopic (exact) mass is 447 g/mol. The first-order chi connectivity index (χ1) is 15.9. The Morgan fingerprint density at radius 1 is 1.18 bits per heavy atom. The number of H-pyrrole nitrogens is 1. The van der Waals surface area contributed by atoms with Gasteiger partial charge in [-0.1, -0.05) is 6.07 Å². The molecule has 166 valence electrons. The van der Waals surface area contributed by atoms with Crippen molar-refractivity contribution >= 4 is 16.8 Å². The fourth-order valence-corrected chi connectivity index (χ4v) is 3.58. The highest BCUT2D eigenvalue weighted by Crippen LogP contribution is 2.30. The summed E-state index contributed by atoms with van der Waals surface area (Å²) in [5.74, 6) is -1.71. The number of ether oxygens (including phenoxy) is 1. The molecular weight excluding hydrogens is 428 g/mol. The zero-order valence-electron chi connectivity index (χ0n) is 17.9. The molecule has 0 unspecified atom stereocenters. The van der Waals surface area contributed by atoms with Gasteiger partial charge in [0.1, 0.15) is 17.3 Å². The first kappa shape index (κ1) is 21.9. The molecule has 33 heavy (non-hydrogen) atoms. The third-order valence-corrected chi connectivity index (χ3v) is 5.11. The lowest BCUT2D eigenvalue weighted by atomic mass is 10.1. The van der Waals surface area contributed by atoms with Gasteiger partial charge in [-0.3, -0.25) is 9.89 Å². The molecule has 0 atom stereocenters. The molecule has 0 spiro atoms. The summed E-state index contributed by atoms with van der Waals surface area (Å²) in [6, 6.07) is 11.8. The van der Waals surface area contributed by atoms with Gasteiger partial charge in [0.2, 0.25) is 5.88 Å². The van der Waals surface area contributed by atoms with E-state index in [4.69, 9.17) is 4.74 Å². The number of nitrogens with zero attached hydrogens (tertiary/aromatic N) is 4. The van der Waals surface area contributed by atoms with E-state index < -0.39 is 11.6 Å². The van der Waals surface area contributed by atoms with Gasteiger partial charge in [-0.25, -0.2) is 13.8 Å². The summed E-state index contributed by atoms with van der Waals surface area (Å²) in [4.78, 5) is 18.9. The molecule has 0 aliphatic rings. The van der Waals surface area contributed by atoms with Crippen LogP contribution in [0, 0.1) is 23.0 Å². The molecule has 4 aromatic rings. The van der Waals surface area contributed by atoms with Gasteiger partial charge in [0, 0.05) is 30.6 Å². The Morgan fingerprint density at radius 2 is 1.94 bits per heavy atom. The molecule has 0 saturated carbocycles. The van der Waals surface area contributed by atoms with Crippen molar-refractivity contribution in [3.8, 4) is 23.1 Å². The van der Waals surface area contributed by atoms with E-state index >= 15 is 0 Å². The standard InChI is InChI=1S/C24H19F2N5O2/c1-3-33-23-19(16-8-17(25)10-18(26)9-16)6-7-21(29-23)24(32)31(2)13-15-5-4-14(11-27)20-12-28-30-22(15)20/h4-10,12H,3,13H2,1-2H3,(H,28,30). The van der Waals surface area contributed by atoms with Crippen LogP contribution in [0.3, 0.4) is 0 Å². The number of nitrogens with one attached hydrogen (secondary N) is 1. The summed E-state index contributed by atoms with van der Waals surface area (Å²) >= 11 is 0. The molecule has 9 heteroatoms. The van der Waals surface area contributed by atoms with Crippen LogP contribution in [-0.2, 0) is 6.54 Å². The second-order valence-corrected chi connectivity index (χ2v) is 7.34. The number of aromatic amines is 1. The van der Waals surface area contributed by atoms with E-state index in [1.54, 1.807) is 38.4 Å². The SMILES string of the molecule is CCOc1nc(C(=O)N(C)Cc2ccc(C#N)c3cn[nH]c23)ccc1-c1cc(F)cc(F)c1. The number of hydrogen-bond donors (Lipinski definition) is 1. The van der Waals surface area contributed by atoms with Crippen LogP contribution in [0.4, 0.5) is 8.78 Å². The van der Waals surface area contributed by atoms with Crippen LogP contribution >= 0.6 is 0 Å². The fraction of sp³-hybridized carbons (Fsp3) is 0.167. The van der Waals surface area contributed by atoms with E-state index in [0.717, 1.165) is 11.6 Å². The van der Waals surface area contributed by atoms with E-state index in [0.29, 0.717) is 22.0 Å². The summed E-state index contributed by atoms with van der Waals surface area (Å²) in [5, 5.41) is 16.8. The normalized spacial score (nSPS) is 10.8. The molecule has 0 aliphatic carbocycles. The second kappa shape index (κ2) is 9.04. The van der Waals surface area contributed by atoms with Crippen LogP contribution in [0.25, 0.3) is 22.0 Å². The van der Waals surface area contributed by atoms with Crippen molar-refractivity contribution in [2.24, 2.45) is 0 Å². The predicted molar refractivity (Wildman–Crippen MR) is 117 cm³/mol. The average molecular weight is 447 g/mol. The topological polar surface area (TPSA) is 94.9 Å². The highest BCUT2D eigenvalue weighted by Gasteiger charge is 2.19. The summed E-state index contributed by atoms with van der Waals surface area (Å²) < 4.78 is 33.0. The highest BCUT2D eigenvalue weighted by atomic mass is 19.1. The number of fused-ring (bicyclic) bond motifs is 1. The van der Waals surface area contributed by atoms with Gasteiger partial charge >= 0.3 is 0 Å². The maximum Gasteiger partial charge on any atom is 0.272 e. The van der Waals surface area contributed by atoms with Crippen molar-refractivity contribution < 1.29 is 18.3 Å². The Hall–Kier alpha value is -4.32. The van der Waals surface area contributed by atoms with E-state index in [1.165, 1.54) is 23.1 Å². The molecule has 0 bridgehead atoms. The largest absolute Gasteiger partial charge is 0.478 e. The maximum atomic E-state index is 13.7. The average Bonchev–Trinajstić information content (AvgIpc) is 3.29. The molecular formula is C24H19F2N5O2. The predicted octanol–water partition coefficient (Wildman–Crippen LogP) is 4.45. The van der Waals surface area contributed by atoms with Crippen molar-refractivity contribution in [3.63, 3.8) is 0 Å². The number of hydrogen-bond acceptors (Lipinski definition) is 5. The lowest BCUT2D eigenvalue weighted by molar-refractivity contribution is 0.0778. The lowest BCUT2D eigenvalue weighted by Gasteiger charge is -2.18. The zero-order valence-corrected chi connectivity index (χ0v) is 17.9. The van der Waals surface area contributed by atoms with Gasteiger partial charge in [-0.15, -0.1) is 0 Å². The molecule has 1 N–H and O–H groups in total. The van der Waals surface area contributed by atoms with Gasteiger partial charge < -0.3 is 9.64 Å². The molecule has 0 saturated heterocycles. The maximum absolute atomic E-state index is 13.7. The Balaban J connectivity index is 1.63. The van der Waals surface area contributed by atoms with Gasteiger partial charge in [-0.2, -0.15) is 10.4 Å². The second-order valence-electron chi connectivity index (χ2n) is 7.34. The number of amides is 1. The number of halogens is 2. The first-order valence-electron chi connectivity index (χ1n) is 10.1. The van der Waals surface area contributed by atoms with Crippen LogP contribution < -0.4 is 4.74 Å². The summed E-state index contributed by atoms with van der Waals surface area (Å²) in [7, 11) is 1.63. The number of rotatable bonds is 6. The Bertz CT molecular complexity index is 1370. The Labute approximate surface area is 188 Å². The van der Waals surface area contributed by atoms with Crippen molar-refractivity contribution in [2.45, 2.75) is 13.5 Å². The molecule has 0 fully saturated rings. The third-order valence-electron chi connectivity index (χ3n) is 5.11. The highest BCUT2D eigenvalue weighted by molar-refractivity contribution is 5.93. The van der Waals surface area contributed by atoms with Crippen LogP contribution in [0.1, 0.15) is 28.5 Å². The van der Waals surface area contributed by atoms with Crippen LogP contribution in [0.5, 0.6) is 5.88 Å². The molecule has 7 nitrogen and oxygen atoms in total. The summed E-state index contributed by atoms with van der Waals surface area (Å²) in [6.07, 6.45) is 1.57. The van der Waals surface area contributed by atoms with E-state index in [-0.39, 0.29) is 36.2 Å². The molecule has 0 aliphatic heterocycles. The van der Waals surface area contributed by atoms with Crippen LogP contribution in [0.15, 0.2) is 48.7 Å². The number of aromatic nitrogens is 3. The van der Waals surface area contributed by atoms with Crippen LogP contribution in [-0.4, -0.2) is 39.6 Å². The van der Waals surface area contributed by atoms with Gasteiger partial charge in [0.05, 0.1) is 30.0 Å². The number of pyridine rings is 1. The minimum absolute atomic E-state index is 0.107. The number of nitriles is 1. The summed E-state index contributed by atoms with van der Waals surface area (Å²) in [6.45, 7) is 2.25. The molecule has 0 radical (unpaired) electrons. The zero-order chi connectivity index (χ0) is 23.5. The van der Waals surface area contributed by atoms with E-state index in [9.17, 15) is 18.8 Å². The molecule has 2 aromatic carbocycles. The minimum atomic E-state index is -0.722. The lowest BCUT2D eigenvalue weighted by Crippen LogP contribution is -2.27. The van der Waals surface area contributed by atoms with Gasteiger partial charge in [0.15, 0.2) is 0 Å². The van der Waals surface area contributed by atoms with Crippen molar-refractivity contribution in [1.29, 1.82) is 5.26 Å². The van der Waals surface area contributed by atoms with E-state index in [1.807, 2.05) is 0 Å². The molecule has 4 rings (SSSR count). The minimum Gasteiger partial charge on any atom is -0.478 e. The molecule has 2 aromatic heterocycles. The van der Waals surface area contributed by atoms with Crippen LogP contribution in [0.2, 0.25) is 0 Å². The van der Waals surface area contributed by atoms with Gasteiger partial charge in [-0.05, 0) is 48.4 Å². The number of carbonyl (C=O) groups excluding carboxylic acids is 1. The van der Waals surface area contributed by atoms with Crippen molar-refractivity contribution in [1.82, 2.24) is 20.1 Å². The smallest absolute Gasteiger partial charge is 0.272 e. The third kappa shape index (κ3) is 4.36. The Morgan fingerprint density at radius 3 is 2.64 bits per heavy atom. The van der Waals surface area contributed by atoms with E-state index in [2.05, 4.69) is 21.3 Å². The quantitative estimate of drug-likeness (QED) is 0.471. The molecule has 2 heterocycles. The van der Waals surface area contributed by atoms with Crippen molar-refractivity contribution in [3.05, 3.63) is 77.1 Å². The summed E-state index contributed by atoms with van der Waals surface area (Å²) in [5.41, 5.74) is 2.71. The number of benzene rings is 2. The Kier molecular flexibility index (Phi) is 6.00. The number of carbonyl (C=O) groups is 1. The first-order valence-corrected chi connectivity index (χ1v) is 10.1. The fourth-order valence-electron chi connectivity index (χ4n) is 3.58. The van der Waals surface area contributed by atoms with Crippen molar-refractivity contribution in [2.75, 3.05) is 13.7 Å². The van der Waals surface area contributed by atoms with Gasteiger partial charge in [0.25, 0.3) is 5.91 Å². The molecule has 1 amide bonds.